The molecule has 31 heavy (non-hydrogen) atoms. The van der Waals surface area contributed by atoms with E-state index in [9.17, 15) is 33.4 Å². The van der Waals surface area contributed by atoms with Crippen molar-refractivity contribution in [1.82, 2.24) is 0 Å². The Kier molecular flexibility index (Phi) is 5.95. The largest absolute Gasteiger partial charge is 0.449 e. The van der Waals surface area contributed by atoms with E-state index < -0.39 is 27.3 Å². The summed E-state index contributed by atoms with van der Waals surface area (Å²) >= 11 is 0. The zero-order chi connectivity index (χ0) is 22.6. The molecule has 3 aromatic rings. The molecule has 0 heterocycles. The molecule has 0 aliphatic carbocycles. The zero-order valence-corrected chi connectivity index (χ0v) is 15.4. The summed E-state index contributed by atoms with van der Waals surface area (Å²) in [7, 11) is 0. The van der Waals surface area contributed by atoms with E-state index in [1.807, 2.05) is 0 Å². The minimum absolute atomic E-state index is 0.0997. The van der Waals surface area contributed by atoms with Gasteiger partial charge in [0.15, 0.2) is 0 Å². The van der Waals surface area contributed by atoms with Crippen molar-refractivity contribution in [2.75, 3.05) is 0 Å². The Labute approximate surface area is 172 Å². The average Bonchev–Trinajstić information content (AvgIpc) is 2.72. The van der Waals surface area contributed by atoms with Crippen molar-refractivity contribution < 1.29 is 27.8 Å². The van der Waals surface area contributed by atoms with Crippen molar-refractivity contribution in [2.24, 2.45) is 4.99 Å². The SMILES string of the molecule is O=[N+]([O-])c1ccc(N=Cc2ccccc2Oc2ccc(C(F)(F)F)cc2[N+](=O)[O-])cc1. The Balaban J connectivity index is 1.90. The van der Waals surface area contributed by atoms with Crippen LogP contribution in [0.5, 0.6) is 11.5 Å². The van der Waals surface area contributed by atoms with Gasteiger partial charge in [-0.3, -0.25) is 25.2 Å². The molecule has 0 aliphatic rings. The summed E-state index contributed by atoms with van der Waals surface area (Å²) in [6.07, 6.45) is -3.37. The van der Waals surface area contributed by atoms with Gasteiger partial charge in [-0.25, -0.2) is 0 Å². The Morgan fingerprint density at radius 3 is 2.16 bits per heavy atom. The monoisotopic (exact) mass is 431 g/mol. The van der Waals surface area contributed by atoms with Gasteiger partial charge < -0.3 is 4.74 Å². The zero-order valence-electron chi connectivity index (χ0n) is 15.4. The van der Waals surface area contributed by atoms with Crippen LogP contribution in [0.1, 0.15) is 11.1 Å². The van der Waals surface area contributed by atoms with Crippen molar-refractivity contribution in [2.45, 2.75) is 6.18 Å². The number of hydrogen-bond donors (Lipinski definition) is 0. The van der Waals surface area contributed by atoms with Gasteiger partial charge in [0.05, 0.1) is 21.1 Å². The van der Waals surface area contributed by atoms with Gasteiger partial charge in [-0.1, -0.05) is 12.1 Å². The van der Waals surface area contributed by atoms with Crippen molar-refractivity contribution >= 4 is 23.3 Å². The number of nitrogens with zero attached hydrogens (tertiary/aromatic N) is 3. The van der Waals surface area contributed by atoms with E-state index in [2.05, 4.69) is 4.99 Å². The number of non-ortho nitro benzene ring substituents is 1. The second-order valence-corrected chi connectivity index (χ2v) is 6.11. The average molecular weight is 431 g/mol. The Morgan fingerprint density at radius 1 is 0.871 bits per heavy atom. The molecular formula is C20H12F3N3O5. The molecule has 0 bridgehead atoms. The third kappa shape index (κ3) is 5.21. The molecule has 0 unspecified atom stereocenters. The number of alkyl halides is 3. The lowest BCUT2D eigenvalue weighted by atomic mass is 10.1. The lowest BCUT2D eigenvalue weighted by Gasteiger charge is -2.11. The van der Waals surface area contributed by atoms with Crippen LogP contribution in [0.2, 0.25) is 0 Å². The summed E-state index contributed by atoms with van der Waals surface area (Å²) in [5.41, 5.74) is -1.32. The van der Waals surface area contributed by atoms with Crippen LogP contribution in [0.3, 0.4) is 0 Å². The van der Waals surface area contributed by atoms with Crippen LogP contribution in [-0.4, -0.2) is 16.1 Å². The van der Waals surface area contributed by atoms with E-state index in [0.29, 0.717) is 23.4 Å². The van der Waals surface area contributed by atoms with Gasteiger partial charge in [-0.15, -0.1) is 0 Å². The van der Waals surface area contributed by atoms with Gasteiger partial charge in [0.1, 0.15) is 5.75 Å². The molecule has 0 aliphatic heterocycles. The van der Waals surface area contributed by atoms with Crippen molar-refractivity contribution in [3.8, 4) is 11.5 Å². The van der Waals surface area contributed by atoms with Gasteiger partial charge in [-0.05, 0) is 36.4 Å². The molecule has 3 aromatic carbocycles. The van der Waals surface area contributed by atoms with Crippen LogP contribution < -0.4 is 4.74 Å². The Bertz CT molecular complexity index is 1160. The molecule has 0 radical (unpaired) electrons. The number of rotatable bonds is 6. The summed E-state index contributed by atoms with van der Waals surface area (Å²) in [5.74, 6) is -0.245. The van der Waals surface area contributed by atoms with Gasteiger partial charge >= 0.3 is 11.9 Å². The molecule has 0 saturated heterocycles. The van der Waals surface area contributed by atoms with E-state index in [-0.39, 0.29) is 17.2 Å². The van der Waals surface area contributed by atoms with Crippen molar-refractivity contribution in [1.29, 1.82) is 0 Å². The lowest BCUT2D eigenvalue weighted by Crippen LogP contribution is -2.06. The number of nitro benzene ring substituents is 2. The fourth-order valence-corrected chi connectivity index (χ4v) is 2.53. The van der Waals surface area contributed by atoms with Crippen molar-refractivity contribution in [3.05, 3.63) is 98.1 Å². The maximum absolute atomic E-state index is 12.9. The maximum Gasteiger partial charge on any atom is 0.416 e. The Morgan fingerprint density at radius 2 is 1.55 bits per heavy atom. The molecule has 0 amide bonds. The van der Waals surface area contributed by atoms with Gasteiger partial charge in [0.2, 0.25) is 5.75 Å². The first-order valence-corrected chi connectivity index (χ1v) is 8.56. The first kappa shape index (κ1) is 21.4. The molecule has 11 heteroatoms. The summed E-state index contributed by atoms with van der Waals surface area (Å²) in [5, 5.41) is 21.9. The summed E-state index contributed by atoms with van der Waals surface area (Å²) in [6, 6.07) is 13.7. The topological polar surface area (TPSA) is 108 Å². The highest BCUT2D eigenvalue weighted by Crippen LogP contribution is 2.38. The fraction of sp³-hybridized carbons (Fsp3) is 0.0500. The second kappa shape index (κ2) is 8.61. The molecule has 0 fully saturated rings. The van der Waals surface area contributed by atoms with E-state index in [1.54, 1.807) is 18.2 Å². The quantitative estimate of drug-likeness (QED) is 0.268. The minimum Gasteiger partial charge on any atom is -0.449 e. The molecule has 0 atom stereocenters. The smallest absolute Gasteiger partial charge is 0.416 e. The second-order valence-electron chi connectivity index (χ2n) is 6.11. The van der Waals surface area contributed by atoms with E-state index in [0.717, 1.165) is 6.07 Å². The van der Waals surface area contributed by atoms with Crippen LogP contribution in [0.4, 0.5) is 30.2 Å². The first-order valence-electron chi connectivity index (χ1n) is 8.56. The van der Waals surface area contributed by atoms with E-state index >= 15 is 0 Å². The Hall–Kier alpha value is -4.28. The number of nitro groups is 2. The van der Waals surface area contributed by atoms with Crippen LogP contribution in [0.15, 0.2) is 71.7 Å². The highest BCUT2D eigenvalue weighted by molar-refractivity contribution is 5.85. The molecule has 0 spiro atoms. The fourth-order valence-electron chi connectivity index (χ4n) is 2.53. The minimum atomic E-state index is -4.74. The molecule has 0 saturated carbocycles. The number of hydrogen-bond acceptors (Lipinski definition) is 6. The number of aliphatic imine (C=N–C) groups is 1. The predicted octanol–water partition coefficient (Wildman–Crippen LogP) is 6.06. The van der Waals surface area contributed by atoms with Crippen LogP contribution in [-0.2, 0) is 6.18 Å². The third-order valence-corrected chi connectivity index (χ3v) is 4.04. The molecule has 0 N–H and O–H groups in total. The van der Waals surface area contributed by atoms with Gasteiger partial charge in [0.25, 0.3) is 5.69 Å². The molecule has 0 aromatic heterocycles. The van der Waals surface area contributed by atoms with Gasteiger partial charge in [0, 0.05) is 30.0 Å². The number of para-hydroxylation sites is 1. The molecule has 3 rings (SSSR count). The van der Waals surface area contributed by atoms with E-state index in [1.165, 1.54) is 36.5 Å². The van der Waals surface area contributed by atoms with Crippen LogP contribution >= 0.6 is 0 Å². The highest BCUT2D eigenvalue weighted by atomic mass is 19.4. The van der Waals surface area contributed by atoms with Crippen molar-refractivity contribution in [3.63, 3.8) is 0 Å². The van der Waals surface area contributed by atoms with Crippen LogP contribution in [0.25, 0.3) is 0 Å². The summed E-state index contributed by atoms with van der Waals surface area (Å²) < 4.78 is 44.1. The number of ether oxygens (including phenoxy) is 1. The number of benzene rings is 3. The number of halogens is 3. The van der Waals surface area contributed by atoms with Gasteiger partial charge in [-0.2, -0.15) is 13.2 Å². The lowest BCUT2D eigenvalue weighted by molar-refractivity contribution is -0.385. The maximum atomic E-state index is 12.9. The highest BCUT2D eigenvalue weighted by Gasteiger charge is 2.33. The molecular weight excluding hydrogens is 419 g/mol. The normalized spacial score (nSPS) is 11.5. The first-order chi connectivity index (χ1) is 14.6. The third-order valence-electron chi connectivity index (χ3n) is 4.04. The standard InChI is InChI=1S/C20H12F3N3O5/c21-20(22,23)14-5-10-19(17(11-14)26(29)30)31-18-4-2-1-3-13(18)12-24-15-6-8-16(9-7-15)25(27)28/h1-12H. The van der Waals surface area contributed by atoms with E-state index in [4.69, 9.17) is 4.74 Å². The van der Waals surface area contributed by atoms with Crippen LogP contribution in [0, 0.1) is 20.2 Å². The summed E-state index contributed by atoms with van der Waals surface area (Å²) in [4.78, 5) is 24.6. The molecule has 8 nitrogen and oxygen atoms in total. The predicted molar refractivity (Wildman–Crippen MR) is 105 cm³/mol. The molecule has 158 valence electrons. The summed E-state index contributed by atoms with van der Waals surface area (Å²) in [6.45, 7) is 0.